The highest BCUT2D eigenvalue weighted by molar-refractivity contribution is 5.40. The summed E-state index contributed by atoms with van der Waals surface area (Å²) in [5, 5.41) is 18.3. The van der Waals surface area contributed by atoms with E-state index in [9.17, 15) is 5.11 Å². The Kier molecular flexibility index (Phi) is 3.08. The van der Waals surface area contributed by atoms with Gasteiger partial charge in [0.1, 0.15) is 6.61 Å². The van der Waals surface area contributed by atoms with E-state index in [1.54, 1.807) is 6.07 Å². The molecule has 1 aliphatic heterocycles. The predicted molar refractivity (Wildman–Crippen MR) is 54.1 cm³/mol. The maximum atomic E-state index is 9.63. The molecule has 82 valence electrons. The zero-order valence-electron chi connectivity index (χ0n) is 8.30. The van der Waals surface area contributed by atoms with Crippen LogP contribution >= 0.6 is 0 Å². The molecule has 1 aromatic rings. The standard InChI is InChI=1S/C11H14O4/c12-6-5-8(13)11-7-14-9-3-1-2-4-10(9)15-11/h1-4,8,11-13H,5-7H2/t8-,11+/m0/s1. The van der Waals surface area contributed by atoms with Crippen LogP contribution in [-0.4, -0.2) is 35.6 Å². The first-order valence-corrected chi connectivity index (χ1v) is 4.98. The first-order chi connectivity index (χ1) is 7.31. The van der Waals surface area contributed by atoms with Gasteiger partial charge in [-0.1, -0.05) is 12.1 Å². The van der Waals surface area contributed by atoms with E-state index in [1.165, 1.54) is 0 Å². The van der Waals surface area contributed by atoms with Gasteiger partial charge in [0.15, 0.2) is 17.6 Å². The Hall–Kier alpha value is -1.26. The number of aliphatic hydroxyl groups is 2. The quantitative estimate of drug-likeness (QED) is 0.765. The van der Waals surface area contributed by atoms with E-state index in [1.807, 2.05) is 18.2 Å². The van der Waals surface area contributed by atoms with Crippen molar-refractivity contribution in [1.82, 2.24) is 0 Å². The average Bonchev–Trinajstić information content (AvgIpc) is 2.29. The lowest BCUT2D eigenvalue weighted by Gasteiger charge is -2.29. The van der Waals surface area contributed by atoms with Crippen LogP contribution in [0.2, 0.25) is 0 Å². The Morgan fingerprint density at radius 3 is 2.80 bits per heavy atom. The van der Waals surface area contributed by atoms with Crippen molar-refractivity contribution >= 4 is 0 Å². The number of hydrogen-bond donors (Lipinski definition) is 2. The van der Waals surface area contributed by atoms with E-state index in [0.717, 1.165) is 0 Å². The zero-order valence-corrected chi connectivity index (χ0v) is 8.30. The van der Waals surface area contributed by atoms with Crippen LogP contribution in [0.3, 0.4) is 0 Å². The van der Waals surface area contributed by atoms with Gasteiger partial charge in [-0.2, -0.15) is 0 Å². The number of para-hydroxylation sites is 2. The number of ether oxygens (including phenoxy) is 2. The van der Waals surface area contributed by atoms with E-state index in [-0.39, 0.29) is 6.61 Å². The van der Waals surface area contributed by atoms with E-state index in [0.29, 0.717) is 24.5 Å². The van der Waals surface area contributed by atoms with Crippen molar-refractivity contribution in [2.24, 2.45) is 0 Å². The number of rotatable bonds is 3. The third-order valence-corrected chi connectivity index (χ3v) is 2.38. The number of benzene rings is 1. The molecule has 0 spiro atoms. The molecule has 2 N–H and O–H groups in total. The topological polar surface area (TPSA) is 58.9 Å². The molecule has 15 heavy (non-hydrogen) atoms. The van der Waals surface area contributed by atoms with Gasteiger partial charge in [-0.05, 0) is 12.1 Å². The zero-order chi connectivity index (χ0) is 10.7. The highest BCUT2D eigenvalue weighted by atomic mass is 16.6. The van der Waals surface area contributed by atoms with Gasteiger partial charge in [0.25, 0.3) is 0 Å². The van der Waals surface area contributed by atoms with E-state index in [4.69, 9.17) is 14.6 Å². The summed E-state index contributed by atoms with van der Waals surface area (Å²) in [6.45, 7) is 0.265. The minimum Gasteiger partial charge on any atom is -0.486 e. The first-order valence-electron chi connectivity index (χ1n) is 4.98. The largest absolute Gasteiger partial charge is 0.486 e. The molecule has 4 heteroatoms. The van der Waals surface area contributed by atoms with Gasteiger partial charge in [0.2, 0.25) is 0 Å². The summed E-state index contributed by atoms with van der Waals surface area (Å²) < 4.78 is 11.0. The molecule has 2 rings (SSSR count). The lowest BCUT2D eigenvalue weighted by Crippen LogP contribution is -2.40. The van der Waals surface area contributed by atoms with E-state index < -0.39 is 12.2 Å². The molecule has 4 nitrogen and oxygen atoms in total. The van der Waals surface area contributed by atoms with Gasteiger partial charge >= 0.3 is 0 Å². The summed E-state index contributed by atoms with van der Waals surface area (Å²) in [6.07, 6.45) is -0.786. The fourth-order valence-electron chi connectivity index (χ4n) is 1.54. The van der Waals surface area contributed by atoms with Gasteiger partial charge in [0.05, 0.1) is 6.10 Å². The summed E-state index contributed by atoms with van der Waals surface area (Å²) in [7, 11) is 0. The molecule has 0 saturated carbocycles. The van der Waals surface area contributed by atoms with Gasteiger partial charge in [-0.15, -0.1) is 0 Å². The highest BCUT2D eigenvalue weighted by Gasteiger charge is 2.26. The summed E-state index contributed by atoms with van der Waals surface area (Å²) in [6, 6.07) is 7.34. The maximum Gasteiger partial charge on any atom is 0.161 e. The molecule has 1 heterocycles. The van der Waals surface area contributed by atoms with Gasteiger partial charge in [0, 0.05) is 13.0 Å². The lowest BCUT2D eigenvalue weighted by molar-refractivity contribution is -0.0198. The Morgan fingerprint density at radius 2 is 2.07 bits per heavy atom. The third kappa shape index (κ3) is 2.22. The SMILES string of the molecule is OCC[C@H](O)[C@H]1COc2ccccc2O1. The van der Waals surface area contributed by atoms with Gasteiger partial charge in [-0.3, -0.25) is 0 Å². The lowest BCUT2D eigenvalue weighted by atomic mass is 10.1. The third-order valence-electron chi connectivity index (χ3n) is 2.38. The molecule has 0 aromatic heterocycles. The molecular formula is C11H14O4. The maximum absolute atomic E-state index is 9.63. The molecule has 0 saturated heterocycles. The molecule has 1 aliphatic rings. The van der Waals surface area contributed by atoms with E-state index in [2.05, 4.69) is 0 Å². The average molecular weight is 210 g/mol. The van der Waals surface area contributed by atoms with Crippen LogP contribution in [0, 0.1) is 0 Å². The molecule has 0 radical (unpaired) electrons. The molecule has 0 fully saturated rings. The van der Waals surface area contributed by atoms with E-state index >= 15 is 0 Å². The van der Waals surface area contributed by atoms with Crippen LogP contribution in [0.25, 0.3) is 0 Å². The molecular weight excluding hydrogens is 196 g/mol. The van der Waals surface area contributed by atoms with Gasteiger partial charge in [-0.25, -0.2) is 0 Å². The Bertz CT molecular complexity index is 326. The first kappa shape index (κ1) is 10.3. The minimum atomic E-state index is -0.691. The van der Waals surface area contributed by atoms with Crippen LogP contribution in [0.15, 0.2) is 24.3 Å². The normalized spacial score (nSPS) is 21.1. The van der Waals surface area contributed by atoms with Crippen LogP contribution in [0.1, 0.15) is 6.42 Å². The summed E-state index contributed by atoms with van der Waals surface area (Å²) >= 11 is 0. The van der Waals surface area contributed by atoms with Crippen molar-refractivity contribution in [1.29, 1.82) is 0 Å². The van der Waals surface area contributed by atoms with Crippen LogP contribution in [-0.2, 0) is 0 Å². The van der Waals surface area contributed by atoms with Crippen molar-refractivity contribution in [2.45, 2.75) is 18.6 Å². The molecule has 0 amide bonds. The highest BCUT2D eigenvalue weighted by Crippen LogP contribution is 2.31. The Balaban J connectivity index is 2.05. The number of hydrogen-bond acceptors (Lipinski definition) is 4. The molecule has 0 unspecified atom stereocenters. The Morgan fingerprint density at radius 1 is 1.33 bits per heavy atom. The smallest absolute Gasteiger partial charge is 0.161 e. The summed E-state index contributed by atoms with van der Waals surface area (Å²) in [5.74, 6) is 1.34. The van der Waals surface area contributed by atoms with Gasteiger partial charge < -0.3 is 19.7 Å². The van der Waals surface area contributed by atoms with Crippen molar-refractivity contribution < 1.29 is 19.7 Å². The second kappa shape index (κ2) is 4.51. The fraction of sp³-hybridized carbons (Fsp3) is 0.455. The second-order valence-electron chi connectivity index (χ2n) is 3.49. The van der Waals surface area contributed by atoms with Crippen molar-refractivity contribution in [3.63, 3.8) is 0 Å². The molecule has 2 atom stereocenters. The fourth-order valence-corrected chi connectivity index (χ4v) is 1.54. The number of aliphatic hydroxyl groups excluding tert-OH is 2. The van der Waals surface area contributed by atoms with Crippen molar-refractivity contribution in [3.05, 3.63) is 24.3 Å². The van der Waals surface area contributed by atoms with Crippen LogP contribution in [0.5, 0.6) is 11.5 Å². The van der Waals surface area contributed by atoms with Crippen molar-refractivity contribution in [2.75, 3.05) is 13.2 Å². The monoisotopic (exact) mass is 210 g/mol. The van der Waals surface area contributed by atoms with Crippen LogP contribution < -0.4 is 9.47 Å². The number of fused-ring (bicyclic) bond motifs is 1. The Labute approximate surface area is 88.1 Å². The summed E-state index contributed by atoms with van der Waals surface area (Å²) in [5.41, 5.74) is 0. The van der Waals surface area contributed by atoms with Crippen LogP contribution in [0.4, 0.5) is 0 Å². The second-order valence-corrected chi connectivity index (χ2v) is 3.49. The molecule has 0 aliphatic carbocycles. The van der Waals surface area contributed by atoms with Crippen molar-refractivity contribution in [3.8, 4) is 11.5 Å². The summed E-state index contributed by atoms with van der Waals surface area (Å²) in [4.78, 5) is 0. The molecule has 1 aromatic carbocycles. The predicted octanol–water partition coefficient (Wildman–Crippen LogP) is 0.570. The minimum absolute atomic E-state index is 0.0529. The molecule has 0 bridgehead atoms.